The lowest BCUT2D eigenvalue weighted by Gasteiger charge is -1.98. The molecule has 2 nitrogen and oxygen atoms in total. The lowest BCUT2D eigenvalue weighted by atomic mass is 10.2. The van der Waals surface area contributed by atoms with E-state index in [1.807, 2.05) is 6.07 Å². The van der Waals surface area contributed by atoms with Crippen molar-refractivity contribution in [2.75, 3.05) is 0 Å². The van der Waals surface area contributed by atoms with Gasteiger partial charge in [-0.05, 0) is 36.6 Å². The smallest absolute Gasteiger partial charge is 0.244 e. The molecule has 0 atom stereocenters. The van der Waals surface area contributed by atoms with Gasteiger partial charge >= 0.3 is 0 Å². The average Bonchev–Trinajstić information content (AvgIpc) is 3.04. The predicted molar refractivity (Wildman–Crippen MR) is 66.7 cm³/mol. The molecule has 1 aliphatic carbocycles. The number of nitrogens with one attached hydrogen (secondary N) is 1. The maximum atomic E-state index is 11.4. The Bertz CT molecular complexity index is 439. The second kappa shape index (κ2) is 4.89. The number of hydrogen-bond donors (Lipinski definition) is 1. The van der Waals surface area contributed by atoms with Crippen LogP contribution in [0.5, 0.6) is 0 Å². The summed E-state index contributed by atoms with van der Waals surface area (Å²) in [6.07, 6.45) is 5.41. The third-order valence-corrected chi connectivity index (χ3v) is 3.03. The molecule has 0 aliphatic heterocycles. The first-order chi connectivity index (χ1) is 7.65. The van der Waals surface area contributed by atoms with Crippen LogP contribution in [0, 0.1) is 0 Å². The van der Waals surface area contributed by atoms with Crippen molar-refractivity contribution < 1.29 is 4.79 Å². The molecule has 0 bridgehead atoms. The van der Waals surface area contributed by atoms with Gasteiger partial charge in [-0.25, -0.2) is 0 Å². The van der Waals surface area contributed by atoms with E-state index in [0.717, 1.165) is 18.4 Å². The fourth-order valence-corrected chi connectivity index (χ4v) is 1.57. The first-order valence-corrected chi connectivity index (χ1v) is 5.84. The summed E-state index contributed by atoms with van der Waals surface area (Å²) in [6.45, 7) is 0. The summed E-state index contributed by atoms with van der Waals surface area (Å²) in [5.74, 6) is -0.0615. The van der Waals surface area contributed by atoms with E-state index in [9.17, 15) is 4.79 Å². The van der Waals surface area contributed by atoms with E-state index >= 15 is 0 Å². The molecule has 0 heterocycles. The number of amides is 1. The van der Waals surface area contributed by atoms with Crippen LogP contribution in [0.3, 0.4) is 0 Å². The fourth-order valence-electron chi connectivity index (χ4n) is 1.26. The van der Waals surface area contributed by atoms with Gasteiger partial charge in [0.1, 0.15) is 0 Å². The maximum absolute atomic E-state index is 11.4. The molecular formula is C12H11Cl2NO. The molecule has 84 valence electrons. The van der Waals surface area contributed by atoms with Crippen LogP contribution in [0.15, 0.2) is 24.3 Å². The van der Waals surface area contributed by atoms with Gasteiger partial charge in [0, 0.05) is 12.1 Å². The number of rotatable bonds is 3. The van der Waals surface area contributed by atoms with Crippen molar-refractivity contribution in [3.63, 3.8) is 0 Å². The van der Waals surface area contributed by atoms with Gasteiger partial charge < -0.3 is 5.32 Å². The van der Waals surface area contributed by atoms with Crippen molar-refractivity contribution in [3.8, 4) is 0 Å². The summed E-state index contributed by atoms with van der Waals surface area (Å²) < 4.78 is 0. The van der Waals surface area contributed by atoms with Crippen LogP contribution >= 0.6 is 23.2 Å². The van der Waals surface area contributed by atoms with Gasteiger partial charge in [0.05, 0.1) is 10.0 Å². The lowest BCUT2D eigenvalue weighted by molar-refractivity contribution is -0.116. The van der Waals surface area contributed by atoms with Crippen LogP contribution in [-0.4, -0.2) is 11.9 Å². The van der Waals surface area contributed by atoms with Crippen molar-refractivity contribution in [1.82, 2.24) is 5.32 Å². The van der Waals surface area contributed by atoms with Crippen LogP contribution < -0.4 is 5.32 Å². The average molecular weight is 256 g/mol. The van der Waals surface area contributed by atoms with E-state index in [0.29, 0.717) is 16.1 Å². The molecular weight excluding hydrogens is 245 g/mol. The zero-order chi connectivity index (χ0) is 11.5. The fraction of sp³-hybridized carbons (Fsp3) is 0.250. The van der Waals surface area contributed by atoms with E-state index in [1.165, 1.54) is 6.08 Å². The predicted octanol–water partition coefficient (Wildman–Crippen LogP) is 3.29. The van der Waals surface area contributed by atoms with E-state index in [4.69, 9.17) is 23.2 Å². The summed E-state index contributed by atoms with van der Waals surface area (Å²) in [6, 6.07) is 5.63. The normalized spacial score (nSPS) is 15.4. The molecule has 2 rings (SSSR count). The molecule has 1 N–H and O–H groups in total. The van der Waals surface area contributed by atoms with Crippen LogP contribution in [0.25, 0.3) is 6.08 Å². The van der Waals surface area contributed by atoms with Crippen LogP contribution in [0.1, 0.15) is 18.4 Å². The zero-order valence-corrected chi connectivity index (χ0v) is 10.1. The Morgan fingerprint density at radius 2 is 2.06 bits per heavy atom. The van der Waals surface area contributed by atoms with Gasteiger partial charge in [0.2, 0.25) is 5.91 Å². The second-order valence-electron chi connectivity index (χ2n) is 3.79. The number of carbonyl (C=O) groups is 1. The Morgan fingerprint density at radius 3 is 2.69 bits per heavy atom. The highest BCUT2D eigenvalue weighted by Crippen LogP contribution is 2.23. The summed E-state index contributed by atoms with van der Waals surface area (Å²) in [5, 5.41) is 3.87. The number of halogens is 2. The third-order valence-electron chi connectivity index (χ3n) is 2.29. The summed E-state index contributed by atoms with van der Waals surface area (Å²) >= 11 is 11.6. The van der Waals surface area contributed by atoms with Crippen molar-refractivity contribution in [2.24, 2.45) is 0 Å². The Labute approximate surface area is 104 Å². The Balaban J connectivity index is 1.98. The van der Waals surface area contributed by atoms with Gasteiger partial charge in [-0.15, -0.1) is 0 Å². The molecule has 1 fully saturated rings. The molecule has 0 radical (unpaired) electrons. The van der Waals surface area contributed by atoms with E-state index in [1.54, 1.807) is 18.2 Å². The minimum absolute atomic E-state index is 0.0615. The number of carbonyl (C=O) groups excluding carboxylic acids is 1. The first kappa shape index (κ1) is 11.5. The summed E-state index contributed by atoms with van der Waals surface area (Å²) in [7, 11) is 0. The summed E-state index contributed by atoms with van der Waals surface area (Å²) in [4.78, 5) is 11.4. The minimum Gasteiger partial charge on any atom is -0.350 e. The molecule has 16 heavy (non-hydrogen) atoms. The Hall–Kier alpha value is -0.990. The standard InChI is InChI=1S/C12H11Cl2NO/c13-10-5-1-8(7-11(10)14)2-6-12(16)15-9-3-4-9/h1-2,5-7,9H,3-4H2,(H,15,16)/b6-2+. The third kappa shape index (κ3) is 3.26. The first-order valence-electron chi connectivity index (χ1n) is 5.09. The molecule has 0 spiro atoms. The van der Waals surface area contributed by atoms with Crippen LogP contribution in [0.2, 0.25) is 10.0 Å². The molecule has 0 saturated heterocycles. The largest absolute Gasteiger partial charge is 0.350 e. The topological polar surface area (TPSA) is 29.1 Å². The number of benzene rings is 1. The molecule has 1 aromatic rings. The zero-order valence-electron chi connectivity index (χ0n) is 8.54. The highest BCUT2D eigenvalue weighted by Gasteiger charge is 2.21. The molecule has 0 aromatic heterocycles. The van der Waals surface area contributed by atoms with Crippen molar-refractivity contribution in [3.05, 3.63) is 39.9 Å². The quantitative estimate of drug-likeness (QED) is 0.826. The maximum Gasteiger partial charge on any atom is 0.244 e. The monoisotopic (exact) mass is 255 g/mol. The van der Waals surface area contributed by atoms with Gasteiger partial charge in [-0.3, -0.25) is 4.79 Å². The molecule has 1 amide bonds. The van der Waals surface area contributed by atoms with E-state index in [2.05, 4.69) is 5.32 Å². The second-order valence-corrected chi connectivity index (χ2v) is 4.60. The molecule has 1 aliphatic rings. The van der Waals surface area contributed by atoms with Gasteiger partial charge in [-0.2, -0.15) is 0 Å². The molecule has 4 heteroatoms. The molecule has 1 aromatic carbocycles. The highest BCUT2D eigenvalue weighted by atomic mass is 35.5. The van der Waals surface area contributed by atoms with Crippen LogP contribution in [-0.2, 0) is 4.79 Å². The highest BCUT2D eigenvalue weighted by molar-refractivity contribution is 6.42. The van der Waals surface area contributed by atoms with Gasteiger partial charge in [0.25, 0.3) is 0 Å². The minimum atomic E-state index is -0.0615. The van der Waals surface area contributed by atoms with E-state index in [-0.39, 0.29) is 5.91 Å². The van der Waals surface area contributed by atoms with Gasteiger partial charge in [-0.1, -0.05) is 29.3 Å². The Morgan fingerprint density at radius 1 is 1.31 bits per heavy atom. The molecule has 0 unspecified atom stereocenters. The molecule has 1 saturated carbocycles. The lowest BCUT2D eigenvalue weighted by Crippen LogP contribution is -2.22. The van der Waals surface area contributed by atoms with Crippen molar-refractivity contribution in [2.45, 2.75) is 18.9 Å². The number of hydrogen-bond acceptors (Lipinski definition) is 1. The van der Waals surface area contributed by atoms with Crippen LogP contribution in [0.4, 0.5) is 0 Å². The van der Waals surface area contributed by atoms with Crippen molar-refractivity contribution >= 4 is 35.2 Å². The SMILES string of the molecule is O=C(/C=C/c1ccc(Cl)c(Cl)c1)NC1CC1. The van der Waals surface area contributed by atoms with E-state index < -0.39 is 0 Å². The van der Waals surface area contributed by atoms with Crippen molar-refractivity contribution in [1.29, 1.82) is 0 Å². The summed E-state index contributed by atoms with van der Waals surface area (Å²) in [5.41, 5.74) is 0.861. The van der Waals surface area contributed by atoms with Gasteiger partial charge in [0.15, 0.2) is 0 Å². The Kier molecular flexibility index (Phi) is 3.52.